The Balaban J connectivity index is 0.713. The average molecular weight is 884 g/mol. The predicted molar refractivity (Wildman–Crippen MR) is 244 cm³/mol. The summed E-state index contributed by atoms with van der Waals surface area (Å²) < 4.78 is 0. The standard InChI is InChI=1S/C52H89N3O8/c1-29(35-9-11-37-47-39(27-43(60)51(35,37)5)49(3)17-15-33(56)23-31(49)25-41(47)58)7-13-45(62)54-21-19-53-20-22-55-46(63)14-8-30(2)36-10-12-38-48-40(28-44(61)52(36,38)6)50(4)18-16-34(57)24-32(50)26-42(48)59/h29-44,47-48,53,56-61H,7-28H2,1-6H3,(H,54,62)(H,55,63)/t29-,30-,31?,32?,33-,34-,35-,36-,37?,38?,39?,40?,41-,42-,43+,44+,47?,48?,49+,50+,51-,52-/m1/s1. The zero-order valence-electron chi connectivity index (χ0n) is 39.9. The maximum atomic E-state index is 13.0. The number of aliphatic hydroxyl groups excluding tert-OH is 6. The summed E-state index contributed by atoms with van der Waals surface area (Å²) in [5.41, 5.74) is -0.403. The highest BCUT2D eigenvalue weighted by molar-refractivity contribution is 5.76. The first-order valence-electron chi connectivity index (χ1n) is 26.2. The highest BCUT2D eigenvalue weighted by Crippen LogP contribution is 2.70. The van der Waals surface area contributed by atoms with Crippen LogP contribution in [0.2, 0.25) is 0 Å². The molecule has 0 saturated heterocycles. The number of amides is 2. The minimum absolute atomic E-state index is 0.0435. The van der Waals surface area contributed by atoms with E-state index in [2.05, 4.69) is 57.5 Å². The second-order valence-electron chi connectivity index (χ2n) is 24.5. The molecule has 11 heteroatoms. The van der Waals surface area contributed by atoms with Gasteiger partial charge in [-0.3, -0.25) is 9.59 Å². The van der Waals surface area contributed by atoms with Crippen molar-refractivity contribution in [3.05, 3.63) is 0 Å². The van der Waals surface area contributed by atoms with Gasteiger partial charge in [0.25, 0.3) is 0 Å². The molecule has 11 nitrogen and oxygen atoms in total. The molecule has 22 atom stereocenters. The summed E-state index contributed by atoms with van der Waals surface area (Å²) in [6, 6.07) is 0. The zero-order chi connectivity index (χ0) is 45.2. The van der Waals surface area contributed by atoms with Gasteiger partial charge in [-0.15, -0.1) is 0 Å². The molecule has 8 aliphatic rings. The Morgan fingerprint density at radius 1 is 0.524 bits per heavy atom. The number of carbonyl (C=O) groups excluding carboxylic acids is 2. The number of hydrogen-bond donors (Lipinski definition) is 9. The van der Waals surface area contributed by atoms with Crippen LogP contribution in [0.25, 0.3) is 0 Å². The van der Waals surface area contributed by atoms with E-state index >= 15 is 0 Å². The lowest BCUT2D eigenvalue weighted by Crippen LogP contribution is -2.62. The lowest BCUT2D eigenvalue weighted by molar-refractivity contribution is -0.207. The van der Waals surface area contributed by atoms with E-state index in [0.29, 0.717) is 62.7 Å². The molecule has 8 saturated carbocycles. The lowest BCUT2D eigenvalue weighted by atomic mass is 9.43. The molecule has 8 fully saturated rings. The average Bonchev–Trinajstić information content (AvgIpc) is 3.79. The third kappa shape index (κ3) is 8.50. The summed E-state index contributed by atoms with van der Waals surface area (Å²) >= 11 is 0. The molecule has 0 spiro atoms. The Bertz CT molecular complexity index is 1500. The number of nitrogens with one attached hydrogen (secondary N) is 3. The normalized spacial score (nSPS) is 49.8. The van der Waals surface area contributed by atoms with Crippen molar-refractivity contribution < 1.29 is 40.2 Å². The number of rotatable bonds is 14. The summed E-state index contributed by atoms with van der Waals surface area (Å²) in [5.74, 6) is 3.43. The molecule has 8 rings (SSSR count). The summed E-state index contributed by atoms with van der Waals surface area (Å²) in [7, 11) is 0. The monoisotopic (exact) mass is 884 g/mol. The van der Waals surface area contributed by atoms with Gasteiger partial charge >= 0.3 is 0 Å². The van der Waals surface area contributed by atoms with Gasteiger partial charge in [-0.25, -0.2) is 0 Å². The fourth-order valence-electron chi connectivity index (χ4n) is 18.3. The Morgan fingerprint density at radius 2 is 0.921 bits per heavy atom. The van der Waals surface area contributed by atoms with Crippen molar-refractivity contribution in [2.45, 2.75) is 194 Å². The maximum Gasteiger partial charge on any atom is 0.220 e. The minimum atomic E-state index is -0.421. The van der Waals surface area contributed by atoms with E-state index in [1.54, 1.807) is 0 Å². The number of fused-ring (bicyclic) bond motifs is 10. The molecule has 0 aromatic heterocycles. The SMILES string of the molecule is C[C@H](CCC(=O)NCCNCCNC(=O)CC[C@@H](C)[C@H]1CCC2C3C(C[C@H](O)[C@@]21C)[C@@]1(C)CC[C@@H](O)CC1C[C@H]3O)[C@H]1CCC2C3C(C[C@H](O)[C@@]21C)[C@@]1(C)CC[C@@H](O)CC1C[C@H]3O. The third-order valence-electron chi connectivity index (χ3n) is 21.9. The van der Waals surface area contributed by atoms with Crippen molar-refractivity contribution >= 4 is 11.8 Å². The molecular weight excluding hydrogens is 795 g/mol. The van der Waals surface area contributed by atoms with Crippen LogP contribution in [0.1, 0.15) is 157 Å². The second-order valence-corrected chi connectivity index (χ2v) is 24.5. The van der Waals surface area contributed by atoms with Crippen molar-refractivity contribution in [3.63, 3.8) is 0 Å². The Hall–Kier alpha value is -1.34. The van der Waals surface area contributed by atoms with Crippen molar-refractivity contribution in [2.75, 3.05) is 26.2 Å². The third-order valence-corrected chi connectivity index (χ3v) is 21.9. The van der Waals surface area contributed by atoms with E-state index in [1.165, 1.54) is 0 Å². The first kappa shape index (κ1) is 48.1. The van der Waals surface area contributed by atoms with E-state index in [-0.39, 0.29) is 105 Å². The van der Waals surface area contributed by atoms with Gasteiger partial charge in [0.1, 0.15) is 0 Å². The van der Waals surface area contributed by atoms with Crippen LogP contribution >= 0.6 is 0 Å². The molecule has 0 aromatic rings. The molecule has 0 radical (unpaired) electrons. The van der Waals surface area contributed by atoms with Gasteiger partial charge in [0.15, 0.2) is 0 Å². The van der Waals surface area contributed by atoms with Crippen LogP contribution < -0.4 is 16.0 Å². The fourth-order valence-corrected chi connectivity index (χ4v) is 18.3. The van der Waals surface area contributed by atoms with Gasteiger partial charge in [-0.1, -0.05) is 41.5 Å². The van der Waals surface area contributed by atoms with Crippen molar-refractivity contribution in [1.29, 1.82) is 0 Å². The summed E-state index contributed by atoms with van der Waals surface area (Å²) in [4.78, 5) is 25.9. The molecular formula is C52H89N3O8. The minimum Gasteiger partial charge on any atom is -0.393 e. The van der Waals surface area contributed by atoms with Gasteiger partial charge < -0.3 is 46.6 Å². The molecule has 0 aliphatic heterocycles. The van der Waals surface area contributed by atoms with Crippen LogP contribution in [0, 0.1) is 92.7 Å². The van der Waals surface area contributed by atoms with Crippen LogP contribution in [0.5, 0.6) is 0 Å². The largest absolute Gasteiger partial charge is 0.393 e. The van der Waals surface area contributed by atoms with Gasteiger partial charge in [0.05, 0.1) is 36.6 Å². The number of aliphatic hydroxyl groups is 6. The molecule has 0 bridgehead atoms. The quantitative estimate of drug-likeness (QED) is 0.101. The van der Waals surface area contributed by atoms with Crippen molar-refractivity contribution in [3.8, 4) is 0 Å². The van der Waals surface area contributed by atoms with Crippen LogP contribution in [-0.2, 0) is 9.59 Å². The first-order valence-corrected chi connectivity index (χ1v) is 26.2. The molecule has 2 amide bonds. The van der Waals surface area contributed by atoms with Crippen LogP contribution in [0.15, 0.2) is 0 Å². The molecule has 8 aliphatic carbocycles. The summed E-state index contributed by atoms with van der Waals surface area (Å²) in [6.45, 7) is 16.1. The lowest BCUT2D eigenvalue weighted by Gasteiger charge is -2.63. The zero-order valence-corrected chi connectivity index (χ0v) is 39.9. The smallest absolute Gasteiger partial charge is 0.220 e. The molecule has 0 heterocycles. The Morgan fingerprint density at radius 3 is 1.32 bits per heavy atom. The summed E-state index contributed by atoms with van der Waals surface area (Å²) in [5, 5.41) is 77.3. The van der Waals surface area contributed by atoms with Gasteiger partial charge in [-0.2, -0.15) is 0 Å². The van der Waals surface area contributed by atoms with E-state index in [0.717, 1.165) is 103 Å². The molecule has 8 unspecified atom stereocenters. The fraction of sp³-hybridized carbons (Fsp3) is 0.962. The van der Waals surface area contributed by atoms with Crippen LogP contribution in [0.3, 0.4) is 0 Å². The van der Waals surface area contributed by atoms with Crippen molar-refractivity contribution in [1.82, 2.24) is 16.0 Å². The summed E-state index contributed by atoms with van der Waals surface area (Å²) in [6.07, 6.45) is 12.5. The Kier molecular flexibility index (Phi) is 14.2. The van der Waals surface area contributed by atoms with Crippen LogP contribution in [-0.4, -0.2) is 105 Å². The van der Waals surface area contributed by atoms with Gasteiger partial charge in [0.2, 0.25) is 11.8 Å². The molecule has 63 heavy (non-hydrogen) atoms. The Labute approximate surface area is 379 Å². The van der Waals surface area contributed by atoms with Crippen molar-refractivity contribution in [2.24, 2.45) is 92.7 Å². The first-order chi connectivity index (χ1) is 29.8. The van der Waals surface area contributed by atoms with E-state index < -0.39 is 12.2 Å². The maximum absolute atomic E-state index is 13.0. The molecule has 360 valence electrons. The van der Waals surface area contributed by atoms with Gasteiger partial charge in [0, 0.05) is 39.0 Å². The highest BCUT2D eigenvalue weighted by atomic mass is 16.3. The second kappa shape index (κ2) is 18.6. The number of carbonyl (C=O) groups is 2. The highest BCUT2D eigenvalue weighted by Gasteiger charge is 2.67. The molecule has 9 N–H and O–H groups in total. The van der Waals surface area contributed by atoms with Gasteiger partial charge in [-0.05, 0) is 195 Å². The van der Waals surface area contributed by atoms with E-state index in [4.69, 9.17) is 0 Å². The number of hydrogen-bond acceptors (Lipinski definition) is 9. The predicted octanol–water partition coefficient (Wildman–Crippen LogP) is 5.56. The van der Waals surface area contributed by atoms with E-state index in [9.17, 15) is 40.2 Å². The molecule has 0 aromatic carbocycles. The van der Waals surface area contributed by atoms with Crippen LogP contribution in [0.4, 0.5) is 0 Å². The van der Waals surface area contributed by atoms with E-state index in [1.807, 2.05) is 0 Å². The topological polar surface area (TPSA) is 192 Å².